The van der Waals surface area contributed by atoms with E-state index in [1.54, 1.807) is 18.3 Å². The van der Waals surface area contributed by atoms with Gasteiger partial charge in [-0.2, -0.15) is 18.2 Å². The molecule has 1 fully saturated rings. The molecule has 1 saturated heterocycles. The van der Waals surface area contributed by atoms with E-state index in [4.69, 9.17) is 9.47 Å². The van der Waals surface area contributed by atoms with Gasteiger partial charge in [0, 0.05) is 45.5 Å². The molecule has 34 heavy (non-hydrogen) atoms. The molecule has 0 unspecified atom stereocenters. The molecule has 2 aliphatic rings. The average Bonchev–Trinajstić information content (AvgIpc) is 3.31. The topological polar surface area (TPSA) is 62.8 Å². The van der Waals surface area contributed by atoms with E-state index in [-0.39, 0.29) is 13.3 Å². The van der Waals surface area contributed by atoms with Gasteiger partial charge in [-0.25, -0.2) is 4.98 Å². The number of anilines is 2. The Kier molecular flexibility index (Phi) is 6.14. The zero-order valence-corrected chi connectivity index (χ0v) is 18.4. The van der Waals surface area contributed by atoms with Crippen LogP contribution in [0.25, 0.3) is 0 Å². The molecule has 1 N–H and O–H groups in total. The molecule has 7 nitrogen and oxygen atoms in total. The monoisotopic (exact) mass is 471 g/mol. The first-order valence-electron chi connectivity index (χ1n) is 11.0. The van der Waals surface area contributed by atoms with Gasteiger partial charge in [0.05, 0.1) is 5.56 Å². The largest absolute Gasteiger partial charge is 0.454 e. The maximum atomic E-state index is 12.9. The number of aromatic nitrogens is 2. The number of nitrogens with one attached hydrogen (secondary N) is 1. The van der Waals surface area contributed by atoms with Crippen LogP contribution in [0.4, 0.5) is 24.9 Å². The number of rotatable bonds is 6. The number of hydrogen-bond acceptors (Lipinski definition) is 7. The molecule has 0 saturated carbocycles. The van der Waals surface area contributed by atoms with Crippen molar-refractivity contribution < 1.29 is 22.6 Å². The molecule has 0 atom stereocenters. The predicted molar refractivity (Wildman–Crippen MR) is 121 cm³/mol. The quantitative estimate of drug-likeness (QED) is 0.579. The number of halogens is 3. The van der Waals surface area contributed by atoms with Gasteiger partial charge >= 0.3 is 6.18 Å². The summed E-state index contributed by atoms with van der Waals surface area (Å²) < 4.78 is 49.6. The summed E-state index contributed by atoms with van der Waals surface area (Å²) in [4.78, 5) is 13.4. The van der Waals surface area contributed by atoms with Gasteiger partial charge in [-0.05, 0) is 41.5 Å². The Balaban J connectivity index is 1.15. The van der Waals surface area contributed by atoms with E-state index in [0.29, 0.717) is 17.3 Å². The van der Waals surface area contributed by atoms with E-state index in [9.17, 15) is 13.2 Å². The summed E-state index contributed by atoms with van der Waals surface area (Å²) in [5.74, 6) is 2.76. The van der Waals surface area contributed by atoms with Crippen LogP contribution in [-0.2, 0) is 19.3 Å². The van der Waals surface area contributed by atoms with E-state index >= 15 is 0 Å². The number of benzene rings is 2. The van der Waals surface area contributed by atoms with Gasteiger partial charge in [0.15, 0.2) is 11.5 Å². The van der Waals surface area contributed by atoms with E-state index in [2.05, 4.69) is 31.2 Å². The first kappa shape index (κ1) is 22.3. The second-order valence-corrected chi connectivity index (χ2v) is 8.24. The molecule has 0 amide bonds. The smallest absolute Gasteiger partial charge is 0.416 e. The Morgan fingerprint density at radius 1 is 0.912 bits per heavy atom. The molecule has 1 aromatic heterocycles. The van der Waals surface area contributed by atoms with Crippen LogP contribution in [0.1, 0.15) is 16.7 Å². The van der Waals surface area contributed by atoms with Crippen molar-refractivity contribution >= 4 is 11.8 Å². The van der Waals surface area contributed by atoms with E-state index in [1.165, 1.54) is 11.6 Å². The van der Waals surface area contributed by atoms with Crippen molar-refractivity contribution in [2.45, 2.75) is 19.3 Å². The van der Waals surface area contributed by atoms with Gasteiger partial charge in [0.25, 0.3) is 0 Å². The van der Waals surface area contributed by atoms with Crippen molar-refractivity contribution in [3.8, 4) is 11.5 Å². The molecule has 0 bridgehead atoms. The lowest BCUT2D eigenvalue weighted by Gasteiger charge is -2.34. The lowest BCUT2D eigenvalue weighted by molar-refractivity contribution is -0.137. The minimum atomic E-state index is -4.36. The third-order valence-electron chi connectivity index (χ3n) is 5.87. The van der Waals surface area contributed by atoms with E-state index < -0.39 is 11.7 Å². The van der Waals surface area contributed by atoms with Gasteiger partial charge in [-0.3, -0.25) is 4.90 Å². The Morgan fingerprint density at radius 2 is 1.74 bits per heavy atom. The third kappa shape index (κ3) is 5.17. The summed E-state index contributed by atoms with van der Waals surface area (Å²) in [6.45, 7) is 4.61. The fourth-order valence-corrected chi connectivity index (χ4v) is 4.05. The molecule has 2 aromatic carbocycles. The first-order chi connectivity index (χ1) is 16.4. The van der Waals surface area contributed by atoms with E-state index in [1.807, 2.05) is 12.1 Å². The van der Waals surface area contributed by atoms with Crippen molar-refractivity contribution in [2.75, 3.05) is 43.2 Å². The normalized spacial score (nSPS) is 16.0. The summed E-state index contributed by atoms with van der Waals surface area (Å²) in [5, 5.41) is 3.10. The van der Waals surface area contributed by atoms with Crippen molar-refractivity contribution in [3.05, 3.63) is 71.4 Å². The second-order valence-electron chi connectivity index (χ2n) is 8.24. The fraction of sp³-hybridized carbons (Fsp3) is 0.333. The van der Waals surface area contributed by atoms with Crippen LogP contribution in [0, 0.1) is 0 Å². The third-order valence-corrected chi connectivity index (χ3v) is 5.87. The molecule has 3 heterocycles. The van der Waals surface area contributed by atoms with Crippen molar-refractivity contribution in [1.82, 2.24) is 14.9 Å². The highest BCUT2D eigenvalue weighted by molar-refractivity contribution is 5.45. The van der Waals surface area contributed by atoms with Crippen LogP contribution in [-0.4, -0.2) is 47.8 Å². The zero-order valence-electron chi connectivity index (χ0n) is 18.4. The zero-order chi connectivity index (χ0) is 23.5. The van der Waals surface area contributed by atoms with Gasteiger partial charge in [-0.1, -0.05) is 18.2 Å². The molecule has 3 aromatic rings. The van der Waals surface area contributed by atoms with Gasteiger partial charge in [-0.15, -0.1) is 0 Å². The number of hydrogen-bond donors (Lipinski definition) is 1. The maximum Gasteiger partial charge on any atom is 0.416 e. The minimum absolute atomic E-state index is 0.240. The molecule has 5 rings (SSSR count). The summed E-state index contributed by atoms with van der Waals surface area (Å²) in [5.41, 5.74) is 1.05. The first-order valence-corrected chi connectivity index (χ1v) is 11.0. The Bertz CT molecular complexity index is 1150. The van der Waals surface area contributed by atoms with Crippen LogP contribution < -0.4 is 19.7 Å². The Hall–Kier alpha value is -3.53. The summed E-state index contributed by atoms with van der Waals surface area (Å²) in [6, 6.07) is 13.0. The van der Waals surface area contributed by atoms with Gasteiger partial charge < -0.3 is 19.7 Å². The molecular weight excluding hydrogens is 447 g/mol. The van der Waals surface area contributed by atoms with Crippen LogP contribution in [0.5, 0.6) is 11.5 Å². The number of ether oxygens (including phenoxy) is 2. The fourth-order valence-electron chi connectivity index (χ4n) is 4.05. The van der Waals surface area contributed by atoms with Crippen molar-refractivity contribution in [2.24, 2.45) is 0 Å². The summed E-state index contributed by atoms with van der Waals surface area (Å²) in [6.07, 6.45) is -2.70. The lowest BCUT2D eigenvalue weighted by Crippen LogP contribution is -2.46. The van der Waals surface area contributed by atoms with Crippen LogP contribution >= 0.6 is 0 Å². The Labute approximate surface area is 195 Å². The minimum Gasteiger partial charge on any atom is -0.454 e. The molecule has 10 heteroatoms. The van der Waals surface area contributed by atoms with Gasteiger partial charge in [0.1, 0.15) is 5.82 Å². The highest BCUT2D eigenvalue weighted by Gasteiger charge is 2.30. The molecule has 178 valence electrons. The van der Waals surface area contributed by atoms with Crippen molar-refractivity contribution in [1.29, 1.82) is 0 Å². The lowest BCUT2D eigenvalue weighted by atomic mass is 10.1. The average molecular weight is 471 g/mol. The highest BCUT2D eigenvalue weighted by atomic mass is 19.4. The summed E-state index contributed by atoms with van der Waals surface area (Å²) in [7, 11) is 0. The summed E-state index contributed by atoms with van der Waals surface area (Å²) >= 11 is 0. The standard InChI is InChI=1S/C24H24F3N5O2/c25-24(26,27)19-3-1-2-17(12-19)14-29-22-6-7-28-23(30-22)32-10-8-31(9-11-32)15-18-4-5-20-21(13-18)34-16-33-20/h1-7,12-13H,8-11,14-16H2,(H,28,29,30). The number of piperazine rings is 1. The molecule has 0 radical (unpaired) electrons. The van der Waals surface area contributed by atoms with Crippen LogP contribution in [0.3, 0.4) is 0 Å². The van der Waals surface area contributed by atoms with Gasteiger partial charge in [0.2, 0.25) is 12.7 Å². The molecular formula is C24H24F3N5O2. The predicted octanol–water partition coefficient (Wildman–Crippen LogP) is 4.16. The SMILES string of the molecule is FC(F)(F)c1cccc(CNc2ccnc(N3CCN(Cc4ccc5c(c4)OCO5)CC3)n2)c1. The van der Waals surface area contributed by atoms with Crippen LogP contribution in [0.2, 0.25) is 0 Å². The highest BCUT2D eigenvalue weighted by Crippen LogP contribution is 2.33. The number of alkyl halides is 3. The molecule has 0 aliphatic carbocycles. The maximum absolute atomic E-state index is 12.9. The number of nitrogens with zero attached hydrogens (tertiary/aromatic N) is 4. The van der Waals surface area contributed by atoms with Crippen LogP contribution in [0.15, 0.2) is 54.7 Å². The number of fused-ring (bicyclic) bond motifs is 1. The Morgan fingerprint density at radius 3 is 2.56 bits per heavy atom. The van der Waals surface area contributed by atoms with Crippen molar-refractivity contribution in [3.63, 3.8) is 0 Å². The van der Waals surface area contributed by atoms with E-state index in [0.717, 1.165) is 56.4 Å². The molecule has 0 spiro atoms. The second kappa shape index (κ2) is 9.38. The molecule has 2 aliphatic heterocycles.